The molecule has 1 saturated heterocycles. The average Bonchev–Trinajstić information content (AvgIpc) is 3.03. The van der Waals surface area contributed by atoms with Gasteiger partial charge in [0, 0.05) is 6.54 Å². The Balaban J connectivity index is 1.88. The highest BCUT2D eigenvalue weighted by Crippen LogP contribution is 2.36. The van der Waals surface area contributed by atoms with Gasteiger partial charge in [-0.2, -0.15) is 0 Å². The number of amidine groups is 1. The number of rotatable bonds is 9. The number of ether oxygens (including phenoxy) is 2. The summed E-state index contributed by atoms with van der Waals surface area (Å²) >= 11 is 1.41. The molecule has 2 aromatic carbocycles. The summed E-state index contributed by atoms with van der Waals surface area (Å²) in [5, 5.41) is 0.714. The number of hydrogen-bond acceptors (Lipinski definition) is 5. The number of carbonyl (C=O) groups excluding carboxylic acids is 1. The van der Waals surface area contributed by atoms with E-state index in [2.05, 4.69) is 20.8 Å². The van der Waals surface area contributed by atoms with Crippen LogP contribution in [0.1, 0.15) is 39.7 Å². The van der Waals surface area contributed by atoms with Crippen LogP contribution in [0.3, 0.4) is 0 Å². The molecule has 0 unspecified atom stereocenters. The Morgan fingerprint density at radius 3 is 2.52 bits per heavy atom. The van der Waals surface area contributed by atoms with Gasteiger partial charge in [0.2, 0.25) is 0 Å². The van der Waals surface area contributed by atoms with Crippen LogP contribution in [0, 0.1) is 5.92 Å². The first-order valence-corrected chi connectivity index (χ1v) is 11.6. The van der Waals surface area contributed by atoms with E-state index in [1.165, 1.54) is 11.8 Å². The van der Waals surface area contributed by atoms with Gasteiger partial charge in [0.05, 0.1) is 23.8 Å². The molecule has 0 aromatic heterocycles. The number of nitrogens with zero attached hydrogens (tertiary/aromatic N) is 2. The van der Waals surface area contributed by atoms with Crippen molar-refractivity contribution in [3.05, 3.63) is 59.0 Å². The van der Waals surface area contributed by atoms with Gasteiger partial charge in [-0.3, -0.25) is 9.69 Å². The smallest absolute Gasteiger partial charge is 0.266 e. The van der Waals surface area contributed by atoms with E-state index < -0.39 is 0 Å². The van der Waals surface area contributed by atoms with Gasteiger partial charge in [-0.05, 0) is 66.9 Å². The van der Waals surface area contributed by atoms with Gasteiger partial charge in [0.25, 0.3) is 5.91 Å². The summed E-state index contributed by atoms with van der Waals surface area (Å²) in [6.07, 6.45) is 2.77. The summed E-state index contributed by atoms with van der Waals surface area (Å²) in [5.41, 5.74) is 1.74. The summed E-state index contributed by atoms with van der Waals surface area (Å²) in [4.78, 5) is 20.2. The first-order valence-electron chi connectivity index (χ1n) is 10.8. The second-order valence-corrected chi connectivity index (χ2v) is 8.65. The molecule has 164 valence electrons. The molecular formula is C25H30N2O3S. The highest BCUT2D eigenvalue weighted by molar-refractivity contribution is 8.18. The lowest BCUT2D eigenvalue weighted by Crippen LogP contribution is -2.29. The van der Waals surface area contributed by atoms with Crippen LogP contribution in [0.5, 0.6) is 11.5 Å². The molecule has 0 bridgehead atoms. The quantitative estimate of drug-likeness (QED) is 0.442. The van der Waals surface area contributed by atoms with E-state index >= 15 is 0 Å². The van der Waals surface area contributed by atoms with Gasteiger partial charge < -0.3 is 9.47 Å². The van der Waals surface area contributed by atoms with Gasteiger partial charge in [-0.15, -0.1) is 0 Å². The third-order valence-corrected chi connectivity index (χ3v) is 5.46. The van der Waals surface area contributed by atoms with E-state index in [0.29, 0.717) is 41.5 Å². The molecule has 1 fully saturated rings. The van der Waals surface area contributed by atoms with Gasteiger partial charge in [0.15, 0.2) is 16.7 Å². The second kappa shape index (κ2) is 11.0. The van der Waals surface area contributed by atoms with Crippen LogP contribution in [0.15, 0.2) is 58.4 Å². The van der Waals surface area contributed by atoms with Crippen molar-refractivity contribution < 1.29 is 14.3 Å². The first-order chi connectivity index (χ1) is 15.0. The third-order valence-electron chi connectivity index (χ3n) is 4.45. The highest BCUT2D eigenvalue weighted by Gasteiger charge is 2.32. The van der Waals surface area contributed by atoms with Crippen molar-refractivity contribution in [3.63, 3.8) is 0 Å². The summed E-state index contributed by atoms with van der Waals surface area (Å²) < 4.78 is 11.7. The van der Waals surface area contributed by atoms with Crippen LogP contribution in [-0.2, 0) is 4.79 Å². The normalized spacial score (nSPS) is 16.5. The predicted molar refractivity (Wildman–Crippen MR) is 129 cm³/mol. The van der Waals surface area contributed by atoms with Crippen LogP contribution in [-0.4, -0.2) is 35.7 Å². The lowest BCUT2D eigenvalue weighted by Gasteiger charge is -2.14. The molecule has 0 aliphatic carbocycles. The van der Waals surface area contributed by atoms with E-state index in [1.54, 1.807) is 4.90 Å². The average molecular weight is 439 g/mol. The standard InChI is InChI=1S/C25H30N2O3S/c1-5-14-27-24(28)23(31-25(27)26-20-10-8-7-9-11-20)16-19-12-13-21(30-17-18(3)4)22(15-19)29-6-2/h7-13,15-16,18H,5-6,14,17H2,1-4H3. The minimum atomic E-state index is -0.0142. The fourth-order valence-electron chi connectivity index (χ4n) is 3.03. The van der Waals surface area contributed by atoms with Gasteiger partial charge in [0.1, 0.15) is 0 Å². The predicted octanol–water partition coefficient (Wildman–Crippen LogP) is 6.13. The van der Waals surface area contributed by atoms with Crippen molar-refractivity contribution in [2.24, 2.45) is 10.9 Å². The summed E-state index contributed by atoms with van der Waals surface area (Å²) in [6.45, 7) is 10.0. The topological polar surface area (TPSA) is 51.1 Å². The number of carbonyl (C=O) groups is 1. The van der Waals surface area contributed by atoms with Crippen LogP contribution in [0.25, 0.3) is 6.08 Å². The Labute approximate surface area is 189 Å². The Morgan fingerprint density at radius 2 is 1.84 bits per heavy atom. The van der Waals surface area contributed by atoms with E-state index in [0.717, 1.165) is 23.4 Å². The molecule has 1 aliphatic rings. The summed E-state index contributed by atoms with van der Waals surface area (Å²) in [6, 6.07) is 15.5. The van der Waals surface area contributed by atoms with Gasteiger partial charge in [-0.25, -0.2) is 4.99 Å². The molecule has 3 rings (SSSR count). The molecule has 1 heterocycles. The molecule has 0 spiro atoms. The number of thioether (sulfide) groups is 1. The Morgan fingerprint density at radius 1 is 1.06 bits per heavy atom. The van der Waals surface area contributed by atoms with E-state index in [1.807, 2.05) is 61.5 Å². The fourth-order valence-corrected chi connectivity index (χ4v) is 4.06. The zero-order valence-corrected chi connectivity index (χ0v) is 19.4. The Hall–Kier alpha value is -2.73. The van der Waals surface area contributed by atoms with Crippen LogP contribution < -0.4 is 9.47 Å². The lowest BCUT2D eigenvalue weighted by atomic mass is 10.1. The van der Waals surface area contributed by atoms with E-state index in [-0.39, 0.29) is 5.91 Å². The molecular weight excluding hydrogens is 408 g/mol. The molecule has 1 aliphatic heterocycles. The monoisotopic (exact) mass is 438 g/mol. The second-order valence-electron chi connectivity index (χ2n) is 7.64. The molecule has 0 N–H and O–H groups in total. The van der Waals surface area contributed by atoms with Crippen molar-refractivity contribution >= 4 is 34.6 Å². The zero-order chi connectivity index (χ0) is 22.2. The highest BCUT2D eigenvalue weighted by atomic mass is 32.2. The maximum atomic E-state index is 13.1. The SMILES string of the molecule is CCCN1C(=O)C(=Cc2ccc(OCC(C)C)c(OCC)c2)SC1=Nc1ccccc1. The molecule has 0 radical (unpaired) electrons. The molecule has 6 heteroatoms. The maximum Gasteiger partial charge on any atom is 0.266 e. The van der Waals surface area contributed by atoms with E-state index in [4.69, 9.17) is 14.5 Å². The third kappa shape index (κ3) is 6.14. The minimum absolute atomic E-state index is 0.0142. The van der Waals surface area contributed by atoms with Crippen LogP contribution in [0.2, 0.25) is 0 Å². The Bertz CT molecular complexity index is 954. The first kappa shape index (κ1) is 22.9. The van der Waals surface area contributed by atoms with Crippen molar-refractivity contribution in [2.75, 3.05) is 19.8 Å². The van der Waals surface area contributed by atoms with Crippen LogP contribution >= 0.6 is 11.8 Å². The molecule has 0 saturated carbocycles. The molecule has 31 heavy (non-hydrogen) atoms. The van der Waals surface area contributed by atoms with E-state index in [9.17, 15) is 4.79 Å². The molecule has 0 atom stereocenters. The van der Waals surface area contributed by atoms with Crippen LogP contribution in [0.4, 0.5) is 5.69 Å². The largest absolute Gasteiger partial charge is 0.490 e. The minimum Gasteiger partial charge on any atom is -0.490 e. The maximum absolute atomic E-state index is 13.1. The molecule has 2 aromatic rings. The molecule has 1 amide bonds. The summed E-state index contributed by atoms with van der Waals surface area (Å²) in [5.74, 6) is 1.83. The number of benzene rings is 2. The number of hydrogen-bond donors (Lipinski definition) is 0. The number of para-hydroxylation sites is 1. The number of amides is 1. The summed E-state index contributed by atoms with van der Waals surface area (Å²) in [7, 11) is 0. The van der Waals surface area contributed by atoms with Crippen molar-refractivity contribution in [2.45, 2.75) is 34.1 Å². The van der Waals surface area contributed by atoms with Crippen molar-refractivity contribution in [1.29, 1.82) is 0 Å². The van der Waals surface area contributed by atoms with Gasteiger partial charge >= 0.3 is 0 Å². The lowest BCUT2D eigenvalue weighted by molar-refractivity contribution is -0.122. The number of aliphatic imine (C=N–C) groups is 1. The molecule has 5 nitrogen and oxygen atoms in total. The fraction of sp³-hybridized carbons (Fsp3) is 0.360. The van der Waals surface area contributed by atoms with Gasteiger partial charge in [-0.1, -0.05) is 45.0 Å². The van der Waals surface area contributed by atoms with Crippen molar-refractivity contribution in [3.8, 4) is 11.5 Å². The van der Waals surface area contributed by atoms with Crippen molar-refractivity contribution in [1.82, 2.24) is 4.90 Å². The Kier molecular flexibility index (Phi) is 8.18. The zero-order valence-electron chi connectivity index (χ0n) is 18.6.